The Balaban J connectivity index is 1.88. The first-order valence-corrected chi connectivity index (χ1v) is 9.12. The van der Waals surface area contributed by atoms with Gasteiger partial charge in [0.2, 0.25) is 0 Å². The van der Waals surface area contributed by atoms with Gasteiger partial charge in [-0.15, -0.1) is 0 Å². The van der Waals surface area contributed by atoms with Crippen LogP contribution >= 0.6 is 12.2 Å². The summed E-state index contributed by atoms with van der Waals surface area (Å²) in [6.07, 6.45) is 2.46. The Morgan fingerprint density at radius 3 is 2.48 bits per heavy atom. The summed E-state index contributed by atoms with van der Waals surface area (Å²) in [5, 5.41) is 3.24. The average Bonchev–Trinajstić information content (AvgIpc) is 3.42. The van der Waals surface area contributed by atoms with Gasteiger partial charge >= 0.3 is 0 Å². The third-order valence-electron chi connectivity index (χ3n) is 4.76. The van der Waals surface area contributed by atoms with Gasteiger partial charge in [0.15, 0.2) is 0 Å². The number of ether oxygens (including phenoxy) is 2. The first-order chi connectivity index (χ1) is 12.0. The van der Waals surface area contributed by atoms with Crippen molar-refractivity contribution in [2.75, 3.05) is 7.05 Å². The number of rotatable bonds is 5. The van der Waals surface area contributed by atoms with Crippen molar-refractivity contribution in [3.05, 3.63) is 58.1 Å². The van der Waals surface area contributed by atoms with Crippen molar-refractivity contribution >= 4 is 17.4 Å². The van der Waals surface area contributed by atoms with E-state index in [9.17, 15) is 0 Å². The predicted molar refractivity (Wildman–Crippen MR) is 106 cm³/mol. The molecule has 2 aromatic carbocycles. The number of aryl methyl sites for hydroxylation is 3. The zero-order chi connectivity index (χ0) is 18.0. The maximum absolute atomic E-state index is 6.19. The van der Waals surface area contributed by atoms with Crippen LogP contribution in [0.25, 0.3) is 0 Å². The van der Waals surface area contributed by atoms with E-state index >= 15 is 0 Å². The molecule has 1 saturated carbocycles. The van der Waals surface area contributed by atoms with Crippen LogP contribution in [-0.4, -0.2) is 12.2 Å². The Bertz CT molecular complexity index is 797. The van der Waals surface area contributed by atoms with E-state index in [-0.39, 0.29) is 0 Å². The van der Waals surface area contributed by atoms with Gasteiger partial charge in [0.25, 0.3) is 5.17 Å². The average molecular weight is 356 g/mol. The molecule has 0 atom stereocenters. The third-order valence-corrected chi connectivity index (χ3v) is 5.04. The summed E-state index contributed by atoms with van der Waals surface area (Å²) >= 11 is 5.18. The molecule has 0 saturated heterocycles. The van der Waals surface area contributed by atoms with E-state index in [2.05, 4.69) is 44.3 Å². The van der Waals surface area contributed by atoms with Crippen molar-refractivity contribution in [1.82, 2.24) is 5.32 Å². The van der Waals surface area contributed by atoms with E-state index < -0.39 is 0 Å². The Kier molecular flexibility index (Phi) is 5.28. The van der Waals surface area contributed by atoms with Crippen LogP contribution < -0.4 is 14.8 Å². The summed E-state index contributed by atoms with van der Waals surface area (Å²) in [6, 6.07) is 10.5. The van der Waals surface area contributed by atoms with Crippen molar-refractivity contribution in [2.24, 2.45) is 0 Å². The molecular weight excluding hydrogens is 330 g/mol. The minimum absolute atomic E-state index is 0.372. The maximum atomic E-state index is 6.19. The van der Waals surface area contributed by atoms with E-state index in [1.165, 1.54) is 29.5 Å². The van der Waals surface area contributed by atoms with Crippen molar-refractivity contribution in [3.63, 3.8) is 0 Å². The highest BCUT2D eigenvalue weighted by atomic mass is 32.1. The lowest BCUT2D eigenvalue weighted by molar-refractivity contribution is 0.298. The van der Waals surface area contributed by atoms with Gasteiger partial charge in [0.05, 0.1) is 0 Å². The molecule has 25 heavy (non-hydrogen) atoms. The van der Waals surface area contributed by atoms with Gasteiger partial charge in [-0.1, -0.05) is 18.2 Å². The highest BCUT2D eigenvalue weighted by molar-refractivity contribution is 7.80. The first kappa shape index (κ1) is 17.7. The highest BCUT2D eigenvalue weighted by Gasteiger charge is 2.28. The number of hydrogen-bond donors (Lipinski definition) is 1. The van der Waals surface area contributed by atoms with Crippen molar-refractivity contribution in [3.8, 4) is 11.5 Å². The lowest BCUT2D eigenvalue weighted by atomic mass is 10.0. The molecule has 0 aromatic heterocycles. The molecule has 132 valence electrons. The fourth-order valence-electron chi connectivity index (χ4n) is 3.00. The zero-order valence-corrected chi connectivity index (χ0v) is 16.1. The normalized spacial score (nSPS) is 13.4. The fourth-order valence-corrected chi connectivity index (χ4v) is 3.09. The number of benzene rings is 2. The summed E-state index contributed by atoms with van der Waals surface area (Å²) < 4.78 is 12.0. The van der Waals surface area contributed by atoms with Gasteiger partial charge < -0.3 is 14.8 Å². The van der Waals surface area contributed by atoms with Crippen molar-refractivity contribution < 1.29 is 9.47 Å². The summed E-state index contributed by atoms with van der Waals surface area (Å²) in [7, 11) is 1.77. The molecule has 3 rings (SSSR count). The van der Waals surface area contributed by atoms with Crippen molar-refractivity contribution in [2.45, 2.75) is 46.1 Å². The van der Waals surface area contributed by atoms with E-state index in [4.69, 9.17) is 21.7 Å². The molecule has 1 fully saturated rings. The highest BCUT2D eigenvalue weighted by Crippen LogP contribution is 2.44. The van der Waals surface area contributed by atoms with Crippen molar-refractivity contribution in [1.29, 1.82) is 0 Å². The predicted octanol–water partition coefficient (Wildman–Crippen LogP) is 4.95. The van der Waals surface area contributed by atoms with Gasteiger partial charge in [-0.2, -0.15) is 0 Å². The molecule has 0 amide bonds. The number of thiocarbonyl (C=S) groups is 1. The van der Waals surface area contributed by atoms with E-state index in [0.717, 1.165) is 22.6 Å². The maximum Gasteiger partial charge on any atom is 0.261 e. The Morgan fingerprint density at radius 2 is 1.80 bits per heavy atom. The molecular formula is C21H25NO2S. The van der Waals surface area contributed by atoms with Gasteiger partial charge in [0.1, 0.15) is 18.1 Å². The standard InChI is InChI=1S/C21H25NO2S/c1-13-10-15(3)20(11-14(13)2)23-12-18-17(16-8-9-16)6-5-7-19(18)24-21(25)22-4/h5-7,10-11,16H,8-9,12H2,1-4H3,(H,22,25). The van der Waals surface area contributed by atoms with Gasteiger partial charge in [-0.3, -0.25) is 0 Å². The smallest absolute Gasteiger partial charge is 0.261 e. The molecule has 1 aliphatic rings. The molecule has 1 aliphatic carbocycles. The van der Waals surface area contributed by atoms with Crippen LogP contribution in [0.5, 0.6) is 11.5 Å². The van der Waals surface area contributed by atoms with Crippen LogP contribution in [0.4, 0.5) is 0 Å². The lowest BCUT2D eigenvalue weighted by Crippen LogP contribution is -2.22. The Morgan fingerprint density at radius 1 is 1.08 bits per heavy atom. The SMILES string of the molecule is CNC(=S)Oc1cccc(C2CC2)c1COc1cc(C)c(C)cc1C. The molecule has 0 radical (unpaired) electrons. The summed E-state index contributed by atoms with van der Waals surface area (Å²) in [4.78, 5) is 0. The largest absolute Gasteiger partial charge is 0.488 e. The van der Waals surface area contributed by atoms with Gasteiger partial charge in [-0.25, -0.2) is 0 Å². The molecule has 0 bridgehead atoms. The summed E-state index contributed by atoms with van der Waals surface area (Å²) in [6.45, 7) is 6.80. The zero-order valence-electron chi connectivity index (χ0n) is 15.3. The molecule has 1 N–H and O–H groups in total. The molecule has 4 heteroatoms. The Labute approximate surface area is 155 Å². The monoisotopic (exact) mass is 355 g/mol. The fraction of sp³-hybridized carbons (Fsp3) is 0.381. The molecule has 3 nitrogen and oxygen atoms in total. The van der Waals surface area contributed by atoms with Crippen LogP contribution in [0, 0.1) is 20.8 Å². The minimum Gasteiger partial charge on any atom is -0.488 e. The summed E-state index contributed by atoms with van der Waals surface area (Å²) in [5.41, 5.74) is 6.09. The Hall–Kier alpha value is -2.07. The number of hydrogen-bond acceptors (Lipinski definition) is 3. The molecule has 0 unspecified atom stereocenters. The molecule has 0 spiro atoms. The molecule has 0 aliphatic heterocycles. The second-order valence-corrected chi connectivity index (χ2v) is 7.10. The van der Waals surface area contributed by atoms with Gasteiger partial charge in [0, 0.05) is 12.6 Å². The van der Waals surface area contributed by atoms with E-state index in [0.29, 0.717) is 17.7 Å². The number of nitrogens with one attached hydrogen (secondary N) is 1. The molecule has 0 heterocycles. The quantitative estimate of drug-likeness (QED) is 0.769. The van der Waals surface area contributed by atoms with Crippen LogP contribution in [-0.2, 0) is 6.61 Å². The van der Waals surface area contributed by atoms with Crippen LogP contribution in [0.3, 0.4) is 0 Å². The second kappa shape index (κ2) is 7.44. The molecule has 2 aromatic rings. The van der Waals surface area contributed by atoms with E-state index in [1.54, 1.807) is 7.05 Å². The van der Waals surface area contributed by atoms with Gasteiger partial charge in [-0.05, 0) is 86.1 Å². The summed E-state index contributed by atoms with van der Waals surface area (Å²) in [5.74, 6) is 2.33. The van der Waals surface area contributed by atoms with Crippen LogP contribution in [0.2, 0.25) is 0 Å². The second-order valence-electron chi connectivity index (χ2n) is 6.73. The third kappa shape index (κ3) is 4.13. The first-order valence-electron chi connectivity index (χ1n) is 8.71. The lowest BCUT2D eigenvalue weighted by Gasteiger charge is -2.17. The van der Waals surface area contributed by atoms with Crippen LogP contribution in [0.15, 0.2) is 30.3 Å². The van der Waals surface area contributed by atoms with E-state index in [1.807, 2.05) is 12.1 Å². The van der Waals surface area contributed by atoms with Crippen LogP contribution in [0.1, 0.15) is 46.6 Å². The topological polar surface area (TPSA) is 30.5 Å². The minimum atomic E-state index is 0.372.